The first-order chi connectivity index (χ1) is 6.60. The highest BCUT2D eigenvalue weighted by Crippen LogP contribution is 2.33. The van der Waals surface area contributed by atoms with E-state index in [0.29, 0.717) is 0 Å². The lowest BCUT2D eigenvalue weighted by atomic mass is 10.1. The Bertz CT molecular complexity index is 388. The topological polar surface area (TPSA) is 96.2 Å². The molecule has 0 fully saturated rings. The minimum absolute atomic E-state index is 0.222. The van der Waals surface area contributed by atoms with Gasteiger partial charge in [-0.2, -0.15) is 0 Å². The molecule has 74 valence electrons. The highest BCUT2D eigenvalue weighted by molar-refractivity contribution is 5.94. The molecule has 0 bridgehead atoms. The summed E-state index contributed by atoms with van der Waals surface area (Å²) in [5.74, 6) is -1.78. The molecule has 0 unspecified atom stereocenters. The summed E-state index contributed by atoms with van der Waals surface area (Å²) in [6, 6.07) is 1.80. The molecule has 6 heteroatoms. The first-order valence-corrected chi connectivity index (χ1v) is 3.57. The van der Waals surface area contributed by atoms with Crippen LogP contribution in [0.15, 0.2) is 17.3 Å². The Morgan fingerprint density at radius 3 is 2.50 bits per heavy atom. The standard InChI is InChI=1S/C8H7NO5/c1-14-8(12)4-2-5(9-13)7(11)3-6(4)10/h2-3,10-11H,1H3. The number of carbonyl (C=O) groups is 1. The van der Waals surface area contributed by atoms with Crippen molar-refractivity contribution >= 4 is 11.7 Å². The molecule has 1 aromatic rings. The average molecular weight is 197 g/mol. The Hall–Kier alpha value is -2.11. The molecule has 0 radical (unpaired) electrons. The van der Waals surface area contributed by atoms with Crippen molar-refractivity contribution in [2.24, 2.45) is 5.18 Å². The fraction of sp³-hybridized carbons (Fsp3) is 0.125. The van der Waals surface area contributed by atoms with Crippen LogP contribution >= 0.6 is 0 Å². The number of nitrogens with zero attached hydrogens (tertiary/aromatic N) is 1. The van der Waals surface area contributed by atoms with Crippen molar-refractivity contribution in [2.45, 2.75) is 0 Å². The first kappa shape index (κ1) is 9.97. The lowest BCUT2D eigenvalue weighted by molar-refractivity contribution is 0.0597. The summed E-state index contributed by atoms with van der Waals surface area (Å²) in [4.78, 5) is 21.2. The summed E-state index contributed by atoms with van der Waals surface area (Å²) in [5, 5.41) is 20.7. The van der Waals surface area contributed by atoms with E-state index in [0.717, 1.165) is 19.2 Å². The molecule has 0 spiro atoms. The van der Waals surface area contributed by atoms with Crippen LogP contribution in [0.1, 0.15) is 10.4 Å². The number of rotatable bonds is 2. The number of methoxy groups -OCH3 is 1. The second-order valence-electron chi connectivity index (χ2n) is 2.44. The van der Waals surface area contributed by atoms with Gasteiger partial charge in [-0.15, -0.1) is 4.91 Å². The van der Waals surface area contributed by atoms with E-state index in [-0.39, 0.29) is 11.3 Å². The summed E-state index contributed by atoms with van der Waals surface area (Å²) < 4.78 is 4.33. The third kappa shape index (κ3) is 1.63. The maximum absolute atomic E-state index is 11.0. The van der Waals surface area contributed by atoms with Gasteiger partial charge in [0, 0.05) is 6.07 Å². The molecule has 0 heterocycles. The SMILES string of the molecule is COC(=O)c1cc(N=O)c(O)cc1O. The number of carbonyl (C=O) groups excluding carboxylic acids is 1. The summed E-state index contributed by atoms with van der Waals surface area (Å²) in [7, 11) is 1.13. The van der Waals surface area contributed by atoms with Gasteiger partial charge in [-0.1, -0.05) is 0 Å². The van der Waals surface area contributed by atoms with Crippen LogP contribution in [0.3, 0.4) is 0 Å². The van der Waals surface area contributed by atoms with Crippen LogP contribution in [0.2, 0.25) is 0 Å². The molecule has 2 N–H and O–H groups in total. The predicted octanol–water partition coefficient (Wildman–Crippen LogP) is 1.28. The third-order valence-corrected chi connectivity index (χ3v) is 1.60. The number of ether oxygens (including phenoxy) is 1. The van der Waals surface area contributed by atoms with E-state index in [2.05, 4.69) is 9.91 Å². The molecular weight excluding hydrogens is 190 g/mol. The van der Waals surface area contributed by atoms with Gasteiger partial charge >= 0.3 is 5.97 Å². The van der Waals surface area contributed by atoms with Crippen LogP contribution in [0, 0.1) is 4.91 Å². The largest absolute Gasteiger partial charge is 0.507 e. The van der Waals surface area contributed by atoms with Crippen LogP contribution in [-0.2, 0) is 4.74 Å². The smallest absolute Gasteiger partial charge is 0.341 e. The predicted molar refractivity (Wildman–Crippen MR) is 46.6 cm³/mol. The molecule has 0 saturated carbocycles. The van der Waals surface area contributed by atoms with Crippen molar-refractivity contribution in [1.82, 2.24) is 0 Å². The zero-order valence-corrected chi connectivity index (χ0v) is 7.22. The first-order valence-electron chi connectivity index (χ1n) is 3.57. The van der Waals surface area contributed by atoms with Crippen LogP contribution in [0.5, 0.6) is 11.5 Å². The maximum atomic E-state index is 11.0. The Kier molecular flexibility index (Phi) is 2.66. The molecule has 0 atom stereocenters. The van der Waals surface area contributed by atoms with Crippen LogP contribution in [-0.4, -0.2) is 23.3 Å². The lowest BCUT2D eigenvalue weighted by Crippen LogP contribution is -2.01. The van der Waals surface area contributed by atoms with E-state index in [9.17, 15) is 14.8 Å². The summed E-state index contributed by atoms with van der Waals surface area (Å²) in [6.45, 7) is 0. The maximum Gasteiger partial charge on any atom is 0.341 e. The molecule has 0 aliphatic rings. The molecule has 0 aromatic heterocycles. The molecule has 1 rings (SSSR count). The fourth-order valence-electron chi connectivity index (χ4n) is 0.912. The van der Waals surface area contributed by atoms with E-state index in [4.69, 9.17) is 5.11 Å². The highest BCUT2D eigenvalue weighted by Gasteiger charge is 2.15. The van der Waals surface area contributed by atoms with Gasteiger partial charge in [0.25, 0.3) is 0 Å². The Labute approximate surface area is 78.7 Å². The Morgan fingerprint density at radius 1 is 1.36 bits per heavy atom. The van der Waals surface area contributed by atoms with Crippen molar-refractivity contribution in [3.63, 3.8) is 0 Å². The van der Waals surface area contributed by atoms with Gasteiger partial charge in [0.2, 0.25) is 0 Å². The van der Waals surface area contributed by atoms with Gasteiger partial charge in [-0.05, 0) is 11.2 Å². The number of phenolic OH excluding ortho intramolecular Hbond substituents is 2. The van der Waals surface area contributed by atoms with Crippen molar-refractivity contribution in [2.75, 3.05) is 7.11 Å². The summed E-state index contributed by atoms with van der Waals surface area (Å²) in [5.41, 5.74) is -0.553. The monoisotopic (exact) mass is 197 g/mol. The van der Waals surface area contributed by atoms with E-state index in [1.165, 1.54) is 0 Å². The second-order valence-corrected chi connectivity index (χ2v) is 2.44. The quantitative estimate of drug-likeness (QED) is 0.549. The van der Waals surface area contributed by atoms with E-state index >= 15 is 0 Å². The average Bonchev–Trinajstić information content (AvgIpc) is 2.17. The number of nitroso groups, excluding NO2 is 1. The van der Waals surface area contributed by atoms with Gasteiger partial charge < -0.3 is 14.9 Å². The van der Waals surface area contributed by atoms with Gasteiger partial charge in [0.1, 0.15) is 17.1 Å². The second kappa shape index (κ2) is 3.73. The van der Waals surface area contributed by atoms with Gasteiger partial charge in [-0.25, -0.2) is 4.79 Å². The number of esters is 1. The number of hydrogen-bond acceptors (Lipinski definition) is 6. The highest BCUT2D eigenvalue weighted by atomic mass is 16.5. The van der Waals surface area contributed by atoms with Gasteiger partial charge in [0.15, 0.2) is 5.69 Å². The number of hydrogen-bond donors (Lipinski definition) is 2. The third-order valence-electron chi connectivity index (χ3n) is 1.60. The normalized spacial score (nSPS) is 9.50. The minimum atomic E-state index is -0.813. The molecule has 14 heavy (non-hydrogen) atoms. The van der Waals surface area contributed by atoms with Crippen molar-refractivity contribution in [1.29, 1.82) is 0 Å². The fourth-order valence-corrected chi connectivity index (χ4v) is 0.912. The zero-order valence-electron chi connectivity index (χ0n) is 7.22. The lowest BCUT2D eigenvalue weighted by Gasteiger charge is -2.03. The number of aromatic hydroxyl groups is 2. The molecule has 1 aromatic carbocycles. The van der Waals surface area contributed by atoms with Gasteiger partial charge in [0.05, 0.1) is 7.11 Å². The summed E-state index contributed by atoms with van der Waals surface area (Å²) >= 11 is 0. The van der Waals surface area contributed by atoms with Crippen LogP contribution < -0.4 is 0 Å². The van der Waals surface area contributed by atoms with Gasteiger partial charge in [-0.3, -0.25) is 0 Å². The van der Waals surface area contributed by atoms with E-state index < -0.39 is 17.5 Å². The molecule has 0 aliphatic carbocycles. The van der Waals surface area contributed by atoms with E-state index in [1.54, 1.807) is 0 Å². The van der Waals surface area contributed by atoms with Crippen molar-refractivity contribution in [3.05, 3.63) is 22.6 Å². The minimum Gasteiger partial charge on any atom is -0.507 e. The molecular formula is C8H7NO5. The Balaban J connectivity index is 3.30. The van der Waals surface area contributed by atoms with E-state index in [1.807, 2.05) is 0 Å². The van der Waals surface area contributed by atoms with Crippen molar-refractivity contribution < 1.29 is 19.7 Å². The number of phenols is 2. The zero-order chi connectivity index (χ0) is 10.7. The molecule has 0 amide bonds. The molecule has 0 aliphatic heterocycles. The van der Waals surface area contributed by atoms with Crippen LogP contribution in [0.25, 0.3) is 0 Å². The van der Waals surface area contributed by atoms with Crippen LogP contribution in [0.4, 0.5) is 5.69 Å². The molecule has 0 saturated heterocycles. The van der Waals surface area contributed by atoms with Crippen molar-refractivity contribution in [3.8, 4) is 11.5 Å². The summed E-state index contributed by atoms with van der Waals surface area (Å²) in [6.07, 6.45) is 0. The Morgan fingerprint density at radius 2 is 2.00 bits per heavy atom. The molecule has 6 nitrogen and oxygen atoms in total. The number of benzene rings is 1.